The highest BCUT2D eigenvalue weighted by molar-refractivity contribution is 8.00. The molecule has 1 aromatic rings. The number of para-hydroxylation sites is 1. The molecule has 118 valence electrons. The fraction of sp³-hybridized carbons (Fsp3) is 0.647. The largest absolute Gasteiger partial charge is 0.496 e. The number of hydrogen-bond acceptors (Lipinski definition) is 4. The summed E-state index contributed by atoms with van der Waals surface area (Å²) in [4.78, 5) is 2.59. The van der Waals surface area contributed by atoms with Gasteiger partial charge in [0.15, 0.2) is 0 Å². The third kappa shape index (κ3) is 3.93. The van der Waals surface area contributed by atoms with Gasteiger partial charge in [-0.3, -0.25) is 4.90 Å². The van der Waals surface area contributed by atoms with Gasteiger partial charge in [-0.25, -0.2) is 0 Å². The number of rotatable bonds is 6. The fourth-order valence-corrected chi connectivity index (χ4v) is 4.21. The molecule has 1 aromatic carbocycles. The van der Waals surface area contributed by atoms with E-state index in [1.54, 1.807) is 7.11 Å². The van der Waals surface area contributed by atoms with Crippen LogP contribution in [-0.2, 0) is 6.42 Å². The van der Waals surface area contributed by atoms with E-state index in [9.17, 15) is 0 Å². The van der Waals surface area contributed by atoms with Gasteiger partial charge < -0.3 is 10.5 Å². The Morgan fingerprint density at radius 3 is 2.86 bits per heavy atom. The molecule has 0 aliphatic carbocycles. The highest BCUT2D eigenvalue weighted by Gasteiger charge is 2.34. The Morgan fingerprint density at radius 1 is 1.43 bits per heavy atom. The Labute approximate surface area is 133 Å². The van der Waals surface area contributed by atoms with Crippen molar-refractivity contribution in [3.8, 4) is 5.75 Å². The number of nitrogens with two attached hydrogens (primary N) is 1. The molecule has 21 heavy (non-hydrogen) atoms. The number of benzene rings is 1. The Morgan fingerprint density at radius 2 is 2.19 bits per heavy atom. The maximum Gasteiger partial charge on any atom is 0.122 e. The molecule has 1 saturated heterocycles. The fourth-order valence-electron chi connectivity index (χ4n) is 3.03. The highest BCUT2D eigenvalue weighted by Crippen LogP contribution is 2.30. The molecular formula is C17H28N2OS. The van der Waals surface area contributed by atoms with Crippen LogP contribution in [0.2, 0.25) is 0 Å². The van der Waals surface area contributed by atoms with Crippen LogP contribution in [-0.4, -0.2) is 48.2 Å². The van der Waals surface area contributed by atoms with Gasteiger partial charge in [0.05, 0.1) is 7.11 Å². The monoisotopic (exact) mass is 308 g/mol. The van der Waals surface area contributed by atoms with Gasteiger partial charge in [0.25, 0.3) is 0 Å². The second kappa shape index (κ2) is 7.52. The van der Waals surface area contributed by atoms with E-state index in [4.69, 9.17) is 10.5 Å². The van der Waals surface area contributed by atoms with E-state index >= 15 is 0 Å². The quantitative estimate of drug-likeness (QED) is 0.877. The molecule has 0 aromatic heterocycles. The Balaban J connectivity index is 2.16. The van der Waals surface area contributed by atoms with Crippen molar-refractivity contribution < 1.29 is 4.74 Å². The summed E-state index contributed by atoms with van der Waals surface area (Å²) in [5, 5.41) is 0.738. The molecule has 2 N–H and O–H groups in total. The van der Waals surface area contributed by atoms with Crippen molar-refractivity contribution in [2.45, 2.75) is 37.5 Å². The summed E-state index contributed by atoms with van der Waals surface area (Å²) < 4.78 is 5.50. The maximum atomic E-state index is 6.17. The number of hydrogen-bond donors (Lipinski definition) is 1. The van der Waals surface area contributed by atoms with Gasteiger partial charge in [-0.05, 0) is 31.4 Å². The van der Waals surface area contributed by atoms with E-state index in [1.165, 1.54) is 17.7 Å². The van der Waals surface area contributed by atoms with Gasteiger partial charge in [-0.2, -0.15) is 11.8 Å². The number of nitrogens with zero attached hydrogens (tertiary/aromatic N) is 1. The predicted molar refractivity (Wildman–Crippen MR) is 92.3 cm³/mol. The van der Waals surface area contributed by atoms with Crippen molar-refractivity contribution in [3.63, 3.8) is 0 Å². The minimum absolute atomic E-state index is 0.00301. The van der Waals surface area contributed by atoms with Crippen molar-refractivity contribution >= 4 is 11.8 Å². The first kappa shape index (κ1) is 16.7. The van der Waals surface area contributed by atoms with Gasteiger partial charge in [0.1, 0.15) is 5.75 Å². The summed E-state index contributed by atoms with van der Waals surface area (Å²) in [5.41, 5.74) is 7.43. The van der Waals surface area contributed by atoms with Crippen LogP contribution in [0.3, 0.4) is 0 Å². The normalized spacial score (nSPS) is 22.8. The van der Waals surface area contributed by atoms with Crippen LogP contribution in [0.15, 0.2) is 24.3 Å². The predicted octanol–water partition coefficient (Wildman–Crippen LogP) is 2.78. The van der Waals surface area contributed by atoms with Crippen molar-refractivity contribution in [2.75, 3.05) is 32.5 Å². The lowest BCUT2D eigenvalue weighted by molar-refractivity contribution is 0.113. The van der Waals surface area contributed by atoms with Gasteiger partial charge in [0.2, 0.25) is 0 Å². The van der Waals surface area contributed by atoms with Crippen molar-refractivity contribution in [1.29, 1.82) is 0 Å². The molecule has 2 unspecified atom stereocenters. The Kier molecular flexibility index (Phi) is 5.97. The molecule has 1 fully saturated rings. The topological polar surface area (TPSA) is 38.5 Å². The van der Waals surface area contributed by atoms with E-state index in [2.05, 4.69) is 42.6 Å². The minimum Gasteiger partial charge on any atom is -0.496 e. The Bertz CT molecular complexity index is 454. The smallest absolute Gasteiger partial charge is 0.122 e. The zero-order valence-corrected chi connectivity index (χ0v) is 14.3. The van der Waals surface area contributed by atoms with Gasteiger partial charge >= 0.3 is 0 Å². The molecule has 2 atom stereocenters. The third-order valence-corrected chi connectivity index (χ3v) is 5.93. The average molecular weight is 308 g/mol. The summed E-state index contributed by atoms with van der Waals surface area (Å²) in [5.74, 6) is 2.18. The zero-order valence-electron chi connectivity index (χ0n) is 13.5. The lowest BCUT2D eigenvalue weighted by Crippen LogP contribution is -2.57. The van der Waals surface area contributed by atoms with Crippen LogP contribution in [0.4, 0.5) is 0 Å². The van der Waals surface area contributed by atoms with Crippen LogP contribution in [0.1, 0.15) is 25.8 Å². The molecule has 0 spiro atoms. The van der Waals surface area contributed by atoms with Crippen LogP contribution < -0.4 is 10.5 Å². The Hall–Kier alpha value is -0.710. The maximum absolute atomic E-state index is 6.17. The van der Waals surface area contributed by atoms with E-state index < -0.39 is 0 Å². The van der Waals surface area contributed by atoms with Crippen molar-refractivity contribution in [2.24, 2.45) is 5.73 Å². The van der Waals surface area contributed by atoms with Crippen LogP contribution in [0, 0.1) is 0 Å². The van der Waals surface area contributed by atoms with Crippen LogP contribution in [0.25, 0.3) is 0 Å². The van der Waals surface area contributed by atoms with Crippen LogP contribution in [0.5, 0.6) is 5.75 Å². The molecule has 2 rings (SSSR count). The first-order valence-corrected chi connectivity index (χ1v) is 8.86. The molecule has 4 heteroatoms. The molecule has 0 bridgehead atoms. The second-order valence-electron chi connectivity index (χ2n) is 6.04. The molecule has 0 radical (unpaired) electrons. The lowest BCUT2D eigenvalue weighted by Gasteiger charge is -2.45. The molecule has 1 aliphatic heterocycles. The first-order chi connectivity index (χ1) is 10.1. The van der Waals surface area contributed by atoms with Gasteiger partial charge in [0, 0.05) is 36.2 Å². The van der Waals surface area contributed by atoms with Crippen molar-refractivity contribution in [3.05, 3.63) is 29.8 Å². The second-order valence-corrected chi connectivity index (χ2v) is 7.45. The molecule has 1 heterocycles. The minimum atomic E-state index is 0.00301. The lowest BCUT2D eigenvalue weighted by atomic mass is 9.90. The SMILES string of the molecule is CCC1CN(C(C)(CN)Cc2ccccc2OC)CCS1. The third-order valence-electron chi connectivity index (χ3n) is 4.56. The van der Waals surface area contributed by atoms with Gasteiger partial charge in [-0.1, -0.05) is 25.1 Å². The number of methoxy groups -OCH3 is 1. The first-order valence-electron chi connectivity index (χ1n) is 7.81. The molecule has 0 amide bonds. The number of thioether (sulfide) groups is 1. The van der Waals surface area contributed by atoms with Crippen molar-refractivity contribution in [1.82, 2.24) is 4.90 Å². The highest BCUT2D eigenvalue weighted by atomic mass is 32.2. The number of ether oxygens (including phenoxy) is 1. The standard InChI is InChI=1S/C17H28N2OS/c1-4-15-12-19(9-10-21-15)17(2,13-18)11-14-7-5-6-8-16(14)20-3/h5-8,15H,4,9-13,18H2,1-3H3. The average Bonchev–Trinajstić information content (AvgIpc) is 2.55. The molecule has 1 aliphatic rings. The molecule has 3 nitrogen and oxygen atoms in total. The van der Waals surface area contributed by atoms with Crippen LogP contribution >= 0.6 is 11.8 Å². The van der Waals surface area contributed by atoms with E-state index in [0.717, 1.165) is 30.5 Å². The summed E-state index contributed by atoms with van der Waals surface area (Å²) in [6, 6.07) is 8.29. The molecule has 0 saturated carbocycles. The summed E-state index contributed by atoms with van der Waals surface area (Å²) >= 11 is 2.10. The van der Waals surface area contributed by atoms with E-state index in [-0.39, 0.29) is 5.54 Å². The summed E-state index contributed by atoms with van der Waals surface area (Å²) in [6.45, 7) is 7.52. The zero-order chi connectivity index (χ0) is 15.3. The molecular weight excluding hydrogens is 280 g/mol. The van der Waals surface area contributed by atoms with E-state index in [0.29, 0.717) is 6.54 Å². The summed E-state index contributed by atoms with van der Waals surface area (Å²) in [7, 11) is 1.74. The summed E-state index contributed by atoms with van der Waals surface area (Å²) in [6.07, 6.45) is 2.17. The van der Waals surface area contributed by atoms with Gasteiger partial charge in [-0.15, -0.1) is 0 Å². The van der Waals surface area contributed by atoms with E-state index in [1.807, 2.05) is 12.1 Å².